The van der Waals surface area contributed by atoms with Crippen molar-refractivity contribution >= 4 is 11.8 Å². The van der Waals surface area contributed by atoms with E-state index >= 15 is 0 Å². The molecule has 0 aliphatic heterocycles. The van der Waals surface area contributed by atoms with Crippen LogP contribution in [0, 0.1) is 5.41 Å². The molecule has 0 fully saturated rings. The van der Waals surface area contributed by atoms with Gasteiger partial charge < -0.3 is 11.1 Å². The van der Waals surface area contributed by atoms with Crippen LogP contribution in [-0.2, 0) is 0 Å². The Morgan fingerprint density at radius 1 is 1.27 bits per heavy atom. The van der Waals surface area contributed by atoms with Crippen molar-refractivity contribution in [3.05, 3.63) is 42.1 Å². The van der Waals surface area contributed by atoms with Gasteiger partial charge in [-0.05, 0) is 5.56 Å². The molecule has 0 radical (unpaired) electrons. The molecule has 0 aromatic heterocycles. The monoisotopic (exact) mass is 146 g/mol. The molecule has 0 spiro atoms. The molecular weight excluding hydrogens is 136 g/mol. The van der Waals surface area contributed by atoms with Gasteiger partial charge in [0.25, 0.3) is 0 Å². The van der Waals surface area contributed by atoms with Crippen molar-refractivity contribution in [1.82, 2.24) is 0 Å². The molecule has 0 unspecified atom stereocenters. The minimum absolute atomic E-state index is 0.741. The summed E-state index contributed by atoms with van der Waals surface area (Å²) in [7, 11) is 0. The predicted molar refractivity (Wildman–Crippen MR) is 47.4 cm³/mol. The van der Waals surface area contributed by atoms with Gasteiger partial charge in [0.2, 0.25) is 0 Å². The molecule has 0 saturated carbocycles. The fourth-order valence-corrected chi connectivity index (χ4v) is 0.858. The molecule has 0 saturated heterocycles. The number of hydrogen-bond donors (Lipinski definition) is 2. The normalized spacial score (nSPS) is 11.1. The summed E-state index contributed by atoms with van der Waals surface area (Å²) in [6.07, 6.45) is 2.68. The fraction of sp³-hybridized carbons (Fsp3) is 0. The number of nitrogens with two attached hydrogens (primary N) is 1. The molecule has 3 N–H and O–H groups in total. The predicted octanol–water partition coefficient (Wildman–Crippen LogP) is 1.64. The number of allylic oxidation sites excluding steroid dienone is 1. The van der Waals surface area contributed by atoms with Crippen LogP contribution in [0.15, 0.2) is 36.5 Å². The summed E-state index contributed by atoms with van der Waals surface area (Å²) < 4.78 is 0. The Morgan fingerprint density at radius 3 is 2.36 bits per heavy atom. The maximum atomic E-state index is 7.02. The average Bonchev–Trinajstić information content (AvgIpc) is 2.09. The maximum absolute atomic E-state index is 7.02. The minimum atomic E-state index is 0.741. The lowest BCUT2D eigenvalue weighted by atomic mass is 10.1. The van der Waals surface area contributed by atoms with E-state index in [2.05, 4.69) is 0 Å². The second kappa shape index (κ2) is 3.56. The summed E-state index contributed by atoms with van der Waals surface area (Å²) in [5.41, 5.74) is 7.02. The molecule has 1 rings (SSSR count). The number of benzene rings is 1. The van der Waals surface area contributed by atoms with E-state index in [1.165, 1.54) is 12.4 Å². The Balaban J connectivity index is 3.01. The minimum Gasteiger partial charge on any atom is -0.404 e. The molecule has 0 atom stereocenters. The Labute approximate surface area is 65.9 Å². The smallest absolute Gasteiger partial charge is 0.0270 e. The molecule has 2 heteroatoms. The van der Waals surface area contributed by atoms with Crippen molar-refractivity contribution in [3.8, 4) is 0 Å². The second-order valence-corrected chi connectivity index (χ2v) is 2.13. The topological polar surface area (TPSA) is 49.9 Å². The van der Waals surface area contributed by atoms with E-state index in [-0.39, 0.29) is 0 Å². The van der Waals surface area contributed by atoms with Gasteiger partial charge in [-0.15, -0.1) is 0 Å². The molecule has 56 valence electrons. The van der Waals surface area contributed by atoms with Crippen molar-refractivity contribution in [1.29, 1.82) is 5.41 Å². The zero-order chi connectivity index (χ0) is 8.10. The van der Waals surface area contributed by atoms with Gasteiger partial charge >= 0.3 is 0 Å². The fourth-order valence-electron chi connectivity index (χ4n) is 0.858. The summed E-state index contributed by atoms with van der Waals surface area (Å²) in [4.78, 5) is 0. The maximum Gasteiger partial charge on any atom is 0.0270 e. The van der Waals surface area contributed by atoms with Crippen LogP contribution >= 0.6 is 0 Å². The molecule has 1 aromatic rings. The molecule has 0 aliphatic rings. The van der Waals surface area contributed by atoms with Crippen LogP contribution in [0.5, 0.6) is 0 Å². The average molecular weight is 146 g/mol. The quantitative estimate of drug-likeness (QED) is 0.612. The van der Waals surface area contributed by atoms with Crippen LogP contribution in [0.4, 0.5) is 0 Å². The Hall–Kier alpha value is -1.57. The molecule has 11 heavy (non-hydrogen) atoms. The second-order valence-electron chi connectivity index (χ2n) is 2.13. The highest BCUT2D eigenvalue weighted by molar-refractivity contribution is 6.07. The van der Waals surface area contributed by atoms with Gasteiger partial charge in [0, 0.05) is 18.0 Å². The van der Waals surface area contributed by atoms with Crippen molar-refractivity contribution in [2.24, 2.45) is 5.73 Å². The van der Waals surface area contributed by atoms with E-state index in [9.17, 15) is 0 Å². The third kappa shape index (κ3) is 1.67. The van der Waals surface area contributed by atoms with Crippen LogP contribution in [0.1, 0.15) is 5.56 Å². The molecule has 0 heterocycles. The van der Waals surface area contributed by atoms with Crippen LogP contribution in [0.3, 0.4) is 0 Å². The summed E-state index contributed by atoms with van der Waals surface area (Å²) in [5.74, 6) is 0. The lowest BCUT2D eigenvalue weighted by molar-refractivity contribution is 1.53. The molecule has 1 aromatic carbocycles. The van der Waals surface area contributed by atoms with Crippen molar-refractivity contribution in [2.75, 3.05) is 0 Å². The van der Waals surface area contributed by atoms with Crippen LogP contribution < -0.4 is 5.73 Å². The zero-order valence-corrected chi connectivity index (χ0v) is 6.12. The highest BCUT2D eigenvalue weighted by atomic mass is 14.5. The van der Waals surface area contributed by atoms with Crippen molar-refractivity contribution in [2.45, 2.75) is 0 Å². The largest absolute Gasteiger partial charge is 0.404 e. The first kappa shape index (κ1) is 7.54. The van der Waals surface area contributed by atoms with Crippen LogP contribution in [0.25, 0.3) is 5.57 Å². The first-order chi connectivity index (χ1) is 5.38. The van der Waals surface area contributed by atoms with Crippen LogP contribution in [-0.4, -0.2) is 6.21 Å². The number of nitrogens with one attached hydrogen (secondary N) is 1. The third-order valence-corrected chi connectivity index (χ3v) is 1.44. The third-order valence-electron chi connectivity index (χ3n) is 1.44. The Bertz CT molecular complexity index is 262. The molecule has 0 aliphatic carbocycles. The first-order valence-corrected chi connectivity index (χ1v) is 3.36. The van der Waals surface area contributed by atoms with Gasteiger partial charge in [-0.25, -0.2) is 0 Å². The highest BCUT2D eigenvalue weighted by Crippen LogP contribution is 2.08. The van der Waals surface area contributed by atoms with Crippen molar-refractivity contribution < 1.29 is 0 Å². The van der Waals surface area contributed by atoms with E-state index < -0.39 is 0 Å². The number of hydrogen-bond acceptors (Lipinski definition) is 2. The van der Waals surface area contributed by atoms with Crippen LogP contribution in [0.2, 0.25) is 0 Å². The van der Waals surface area contributed by atoms with Gasteiger partial charge in [0.15, 0.2) is 0 Å². The van der Waals surface area contributed by atoms with Gasteiger partial charge in [0.05, 0.1) is 0 Å². The first-order valence-electron chi connectivity index (χ1n) is 3.36. The summed E-state index contributed by atoms with van der Waals surface area (Å²) in [6.45, 7) is 0. The van der Waals surface area contributed by atoms with E-state index in [0.29, 0.717) is 0 Å². The van der Waals surface area contributed by atoms with E-state index in [1.807, 2.05) is 30.3 Å². The summed E-state index contributed by atoms with van der Waals surface area (Å²) in [6, 6.07) is 9.61. The molecule has 0 bridgehead atoms. The van der Waals surface area contributed by atoms with Crippen molar-refractivity contribution in [3.63, 3.8) is 0 Å². The van der Waals surface area contributed by atoms with Gasteiger partial charge in [-0.1, -0.05) is 30.3 Å². The Kier molecular flexibility index (Phi) is 2.44. The van der Waals surface area contributed by atoms with E-state index in [1.54, 1.807) is 0 Å². The summed E-state index contributed by atoms with van der Waals surface area (Å²) in [5, 5.41) is 7.02. The lowest BCUT2D eigenvalue weighted by Crippen LogP contribution is -1.89. The zero-order valence-electron chi connectivity index (χ0n) is 6.12. The molecule has 0 amide bonds. The van der Waals surface area contributed by atoms with E-state index in [0.717, 1.165) is 11.1 Å². The Morgan fingerprint density at radius 2 is 1.91 bits per heavy atom. The summed E-state index contributed by atoms with van der Waals surface area (Å²) >= 11 is 0. The SMILES string of the molecule is N=C/C(=C/N)c1ccccc1. The highest BCUT2D eigenvalue weighted by Gasteiger charge is 1.93. The molecular formula is C9H10N2. The lowest BCUT2D eigenvalue weighted by Gasteiger charge is -1.97. The van der Waals surface area contributed by atoms with E-state index in [4.69, 9.17) is 11.1 Å². The molecule has 2 nitrogen and oxygen atoms in total. The van der Waals surface area contributed by atoms with Gasteiger partial charge in [-0.3, -0.25) is 0 Å². The standard InChI is InChI=1S/C9H10N2/c10-6-9(7-11)8-4-2-1-3-5-8/h1-7,10H,11H2/b9-7-,10-6?. The van der Waals surface area contributed by atoms with Gasteiger partial charge in [0.1, 0.15) is 0 Å². The van der Waals surface area contributed by atoms with Gasteiger partial charge in [-0.2, -0.15) is 0 Å². The number of rotatable bonds is 2.